The predicted octanol–water partition coefficient (Wildman–Crippen LogP) is 3.83. The van der Waals surface area contributed by atoms with Crippen LogP contribution in [0.15, 0.2) is 23.1 Å². The van der Waals surface area contributed by atoms with Gasteiger partial charge in [0.15, 0.2) is 0 Å². The summed E-state index contributed by atoms with van der Waals surface area (Å²) in [5.74, 6) is 0.795. The van der Waals surface area contributed by atoms with Crippen molar-refractivity contribution in [1.82, 2.24) is 0 Å². The minimum atomic E-state index is -0.837. The monoisotopic (exact) mass is 238 g/mol. The summed E-state index contributed by atoms with van der Waals surface area (Å²) >= 11 is 1.65. The summed E-state index contributed by atoms with van der Waals surface area (Å²) in [4.78, 5) is 12.0. The average Bonchev–Trinajstić information content (AvgIpc) is 2.19. The smallest absolute Gasteiger partial charge is 0.336 e. The van der Waals surface area contributed by atoms with E-state index in [0.29, 0.717) is 11.5 Å². The zero-order valence-electron chi connectivity index (χ0n) is 9.99. The van der Waals surface area contributed by atoms with Crippen LogP contribution >= 0.6 is 11.8 Å². The number of thioether (sulfide) groups is 1. The molecule has 1 aromatic carbocycles. The molecule has 0 aliphatic heterocycles. The highest BCUT2D eigenvalue weighted by Gasteiger charge is 2.12. The Balaban J connectivity index is 2.80. The minimum absolute atomic E-state index is 0.425. The van der Waals surface area contributed by atoms with Crippen LogP contribution in [-0.4, -0.2) is 16.8 Å². The molecule has 3 heteroatoms. The Morgan fingerprint density at radius 1 is 1.44 bits per heavy atom. The lowest BCUT2D eigenvalue weighted by molar-refractivity contribution is 0.0693. The van der Waals surface area contributed by atoms with Crippen molar-refractivity contribution in [2.75, 3.05) is 5.75 Å². The highest BCUT2D eigenvalue weighted by Crippen LogP contribution is 2.28. The number of benzene rings is 1. The van der Waals surface area contributed by atoms with E-state index in [1.54, 1.807) is 23.9 Å². The fraction of sp³-hybridized carbons (Fsp3) is 0.462. The molecule has 0 spiro atoms. The second kappa shape index (κ2) is 5.94. The largest absolute Gasteiger partial charge is 0.478 e. The molecule has 2 nitrogen and oxygen atoms in total. The molecule has 0 aliphatic rings. The Kier molecular flexibility index (Phi) is 4.87. The number of aryl methyl sites for hydroxylation is 1. The van der Waals surface area contributed by atoms with E-state index >= 15 is 0 Å². The van der Waals surface area contributed by atoms with Crippen LogP contribution in [0.2, 0.25) is 0 Å². The summed E-state index contributed by atoms with van der Waals surface area (Å²) in [6.45, 7) is 6.32. The van der Waals surface area contributed by atoms with Gasteiger partial charge in [-0.1, -0.05) is 26.0 Å². The Hall–Kier alpha value is -0.960. The highest BCUT2D eigenvalue weighted by atomic mass is 32.2. The van der Waals surface area contributed by atoms with Crippen molar-refractivity contribution in [1.29, 1.82) is 0 Å². The average molecular weight is 238 g/mol. The van der Waals surface area contributed by atoms with E-state index in [2.05, 4.69) is 13.8 Å². The van der Waals surface area contributed by atoms with Gasteiger partial charge in [0.05, 0.1) is 5.56 Å². The summed E-state index contributed by atoms with van der Waals surface area (Å²) in [5.41, 5.74) is 1.47. The number of hydrogen-bond acceptors (Lipinski definition) is 2. The number of rotatable bonds is 5. The summed E-state index contributed by atoms with van der Waals surface area (Å²) in [7, 11) is 0. The molecule has 0 unspecified atom stereocenters. The second-order valence-electron chi connectivity index (χ2n) is 4.29. The maximum absolute atomic E-state index is 11.1. The molecule has 1 rings (SSSR count). The van der Waals surface area contributed by atoms with Gasteiger partial charge in [0.2, 0.25) is 0 Å². The third kappa shape index (κ3) is 3.56. The number of carboxylic acid groups (broad SMARTS) is 1. The van der Waals surface area contributed by atoms with Gasteiger partial charge in [-0.05, 0) is 36.6 Å². The summed E-state index contributed by atoms with van der Waals surface area (Å²) in [6.07, 6.45) is 1.11. The Bertz CT molecular complexity index is 372. The first-order valence-electron chi connectivity index (χ1n) is 5.48. The zero-order valence-corrected chi connectivity index (χ0v) is 10.8. The van der Waals surface area contributed by atoms with Crippen LogP contribution in [0.25, 0.3) is 0 Å². The third-order valence-corrected chi connectivity index (χ3v) is 3.65. The van der Waals surface area contributed by atoms with Crippen molar-refractivity contribution in [3.8, 4) is 0 Å². The van der Waals surface area contributed by atoms with Gasteiger partial charge in [0.1, 0.15) is 0 Å². The highest BCUT2D eigenvalue weighted by molar-refractivity contribution is 7.99. The number of carbonyl (C=O) groups is 1. The standard InChI is InChI=1S/C13H18O2S/c1-9(2)7-8-16-12-10(3)5-4-6-11(12)13(14)15/h4-6,9H,7-8H2,1-3H3,(H,14,15). The van der Waals surface area contributed by atoms with E-state index in [-0.39, 0.29) is 0 Å². The molecule has 0 radical (unpaired) electrons. The van der Waals surface area contributed by atoms with Crippen molar-refractivity contribution < 1.29 is 9.90 Å². The third-order valence-electron chi connectivity index (χ3n) is 2.38. The zero-order chi connectivity index (χ0) is 12.1. The molecule has 0 amide bonds. The fourth-order valence-electron chi connectivity index (χ4n) is 1.41. The lowest BCUT2D eigenvalue weighted by Gasteiger charge is -2.10. The Labute approximate surface area is 101 Å². The van der Waals surface area contributed by atoms with Crippen molar-refractivity contribution in [2.24, 2.45) is 5.92 Å². The van der Waals surface area contributed by atoms with Crippen molar-refractivity contribution in [2.45, 2.75) is 32.1 Å². The first kappa shape index (κ1) is 13.1. The SMILES string of the molecule is Cc1cccc(C(=O)O)c1SCCC(C)C. The normalized spacial score (nSPS) is 10.8. The van der Waals surface area contributed by atoms with E-state index in [1.807, 2.05) is 13.0 Å². The van der Waals surface area contributed by atoms with Gasteiger partial charge in [0, 0.05) is 4.90 Å². The van der Waals surface area contributed by atoms with Gasteiger partial charge in [-0.15, -0.1) is 11.8 Å². The molecule has 1 N–H and O–H groups in total. The topological polar surface area (TPSA) is 37.3 Å². The van der Waals surface area contributed by atoms with Crippen LogP contribution in [0.1, 0.15) is 36.2 Å². The predicted molar refractivity (Wildman–Crippen MR) is 68.3 cm³/mol. The van der Waals surface area contributed by atoms with Crippen molar-refractivity contribution in [3.05, 3.63) is 29.3 Å². The van der Waals surface area contributed by atoms with Crippen LogP contribution in [0, 0.1) is 12.8 Å². The van der Waals surface area contributed by atoms with Crippen LogP contribution < -0.4 is 0 Å². The van der Waals surface area contributed by atoms with E-state index in [9.17, 15) is 4.79 Å². The van der Waals surface area contributed by atoms with Gasteiger partial charge in [-0.25, -0.2) is 4.79 Å². The van der Waals surface area contributed by atoms with E-state index in [4.69, 9.17) is 5.11 Å². The molecule has 0 atom stereocenters. The number of carboxylic acids is 1. The van der Waals surface area contributed by atoms with Gasteiger partial charge in [-0.3, -0.25) is 0 Å². The first-order valence-corrected chi connectivity index (χ1v) is 6.46. The molecule has 0 fully saturated rings. The molecular formula is C13H18O2S. The molecule has 0 heterocycles. The molecule has 16 heavy (non-hydrogen) atoms. The van der Waals surface area contributed by atoms with Gasteiger partial charge >= 0.3 is 5.97 Å². The van der Waals surface area contributed by atoms with Crippen molar-refractivity contribution in [3.63, 3.8) is 0 Å². The van der Waals surface area contributed by atoms with Crippen LogP contribution in [0.3, 0.4) is 0 Å². The number of aromatic carboxylic acids is 1. The Morgan fingerprint density at radius 2 is 2.12 bits per heavy atom. The van der Waals surface area contributed by atoms with Crippen molar-refractivity contribution >= 4 is 17.7 Å². The molecule has 1 aromatic rings. The summed E-state index contributed by atoms with van der Waals surface area (Å²) in [5, 5.41) is 9.09. The molecule has 88 valence electrons. The lowest BCUT2D eigenvalue weighted by Crippen LogP contribution is -2.01. The summed E-state index contributed by atoms with van der Waals surface area (Å²) < 4.78 is 0. The fourth-order valence-corrected chi connectivity index (χ4v) is 2.81. The molecule has 0 aromatic heterocycles. The van der Waals surface area contributed by atoms with Gasteiger partial charge in [-0.2, -0.15) is 0 Å². The van der Waals surface area contributed by atoms with Gasteiger partial charge in [0.25, 0.3) is 0 Å². The van der Waals surface area contributed by atoms with Crippen LogP contribution in [-0.2, 0) is 0 Å². The Morgan fingerprint density at radius 3 is 2.69 bits per heavy atom. The first-order chi connectivity index (χ1) is 7.52. The maximum atomic E-state index is 11.1. The molecular weight excluding hydrogens is 220 g/mol. The minimum Gasteiger partial charge on any atom is -0.478 e. The van der Waals surface area contributed by atoms with Crippen LogP contribution in [0.5, 0.6) is 0 Å². The molecule has 0 bridgehead atoms. The molecule has 0 aliphatic carbocycles. The van der Waals surface area contributed by atoms with Gasteiger partial charge < -0.3 is 5.11 Å². The quantitative estimate of drug-likeness (QED) is 0.792. The summed E-state index contributed by atoms with van der Waals surface area (Å²) in [6, 6.07) is 5.43. The number of hydrogen-bond donors (Lipinski definition) is 1. The molecule has 0 saturated carbocycles. The van der Waals surface area contributed by atoms with E-state index < -0.39 is 5.97 Å². The second-order valence-corrected chi connectivity index (χ2v) is 5.39. The van der Waals surface area contributed by atoms with Crippen LogP contribution in [0.4, 0.5) is 0 Å². The van der Waals surface area contributed by atoms with E-state index in [0.717, 1.165) is 22.6 Å². The molecule has 0 saturated heterocycles. The maximum Gasteiger partial charge on any atom is 0.336 e. The lowest BCUT2D eigenvalue weighted by atomic mass is 10.1. The van der Waals surface area contributed by atoms with E-state index in [1.165, 1.54) is 0 Å².